The van der Waals surface area contributed by atoms with Crippen molar-refractivity contribution in [2.24, 2.45) is 0 Å². The van der Waals surface area contributed by atoms with E-state index < -0.39 is 6.10 Å². The summed E-state index contributed by atoms with van der Waals surface area (Å²) in [6.45, 7) is 2.29. The number of aromatic amines is 1. The number of aryl methyl sites for hydroxylation is 1. The van der Waals surface area contributed by atoms with E-state index in [0.29, 0.717) is 33.6 Å². The molecule has 0 spiro atoms. The zero-order valence-corrected chi connectivity index (χ0v) is 12.6. The van der Waals surface area contributed by atoms with Crippen LogP contribution in [-0.4, -0.2) is 47.3 Å². The van der Waals surface area contributed by atoms with Crippen LogP contribution < -0.4 is 10.9 Å². The molecule has 0 aromatic carbocycles. The van der Waals surface area contributed by atoms with E-state index in [-0.39, 0.29) is 18.1 Å². The van der Waals surface area contributed by atoms with E-state index >= 15 is 0 Å². The first-order valence-corrected chi connectivity index (χ1v) is 7.28. The van der Waals surface area contributed by atoms with Crippen molar-refractivity contribution in [1.29, 1.82) is 0 Å². The van der Waals surface area contributed by atoms with Crippen LogP contribution in [0.25, 0.3) is 10.2 Å². The van der Waals surface area contributed by atoms with Crippen LogP contribution in [0.2, 0.25) is 0 Å². The lowest BCUT2D eigenvalue weighted by Crippen LogP contribution is -2.28. The molecule has 2 heterocycles. The number of ether oxygens (including phenoxy) is 1. The van der Waals surface area contributed by atoms with Crippen molar-refractivity contribution in [1.82, 2.24) is 15.3 Å². The van der Waals surface area contributed by atoms with Crippen LogP contribution in [0.4, 0.5) is 0 Å². The van der Waals surface area contributed by atoms with Crippen LogP contribution in [-0.2, 0) is 4.74 Å². The predicted octanol–water partition coefficient (Wildman–Crippen LogP) is 0.420. The van der Waals surface area contributed by atoms with E-state index in [1.807, 2.05) is 0 Å². The lowest BCUT2D eigenvalue weighted by Gasteiger charge is -2.09. The van der Waals surface area contributed by atoms with E-state index in [9.17, 15) is 14.7 Å². The van der Waals surface area contributed by atoms with Gasteiger partial charge in [0.05, 0.1) is 29.3 Å². The van der Waals surface area contributed by atoms with Crippen LogP contribution in [0.1, 0.15) is 21.7 Å². The first kappa shape index (κ1) is 15.6. The van der Waals surface area contributed by atoms with Gasteiger partial charge in [0, 0.05) is 13.7 Å². The molecule has 7 nitrogen and oxygen atoms in total. The van der Waals surface area contributed by atoms with E-state index in [2.05, 4.69) is 15.3 Å². The maximum absolute atomic E-state index is 12.1. The van der Waals surface area contributed by atoms with Gasteiger partial charge in [-0.1, -0.05) is 0 Å². The minimum Gasteiger partial charge on any atom is -0.391 e. The first-order chi connectivity index (χ1) is 10.0. The molecule has 0 aliphatic rings. The molecular formula is C13H17N3O4S. The molecule has 0 radical (unpaired) electrons. The van der Waals surface area contributed by atoms with Crippen molar-refractivity contribution in [3.8, 4) is 0 Å². The number of hydrogen-bond acceptors (Lipinski definition) is 6. The Morgan fingerprint density at radius 1 is 1.62 bits per heavy atom. The number of amides is 1. The highest BCUT2D eigenvalue weighted by Gasteiger charge is 2.18. The number of rotatable bonds is 6. The smallest absolute Gasteiger partial charge is 0.261 e. The van der Waals surface area contributed by atoms with Gasteiger partial charge in [0.25, 0.3) is 11.5 Å². The molecule has 0 aliphatic carbocycles. The van der Waals surface area contributed by atoms with Gasteiger partial charge in [-0.3, -0.25) is 9.59 Å². The van der Waals surface area contributed by atoms with E-state index in [4.69, 9.17) is 4.74 Å². The quantitative estimate of drug-likeness (QED) is 0.717. The molecule has 0 bridgehead atoms. The maximum atomic E-state index is 12.1. The number of carbonyl (C=O) groups excluding carboxylic acids is 1. The summed E-state index contributed by atoms with van der Waals surface area (Å²) in [6, 6.07) is 0. The van der Waals surface area contributed by atoms with Gasteiger partial charge in [0.15, 0.2) is 0 Å². The fraction of sp³-hybridized carbons (Fsp3) is 0.462. The topological polar surface area (TPSA) is 104 Å². The van der Waals surface area contributed by atoms with Gasteiger partial charge in [0.1, 0.15) is 4.83 Å². The van der Waals surface area contributed by atoms with Gasteiger partial charge < -0.3 is 20.1 Å². The summed E-state index contributed by atoms with van der Waals surface area (Å²) in [6.07, 6.45) is 1.12. The Kier molecular flexibility index (Phi) is 5.05. The minimum atomic E-state index is -0.608. The maximum Gasteiger partial charge on any atom is 0.261 e. The fourth-order valence-electron chi connectivity index (χ4n) is 2.00. The number of nitrogens with one attached hydrogen (secondary N) is 2. The second-order valence-corrected chi connectivity index (χ2v) is 5.62. The molecule has 0 saturated heterocycles. The van der Waals surface area contributed by atoms with Crippen LogP contribution in [0.15, 0.2) is 11.1 Å². The van der Waals surface area contributed by atoms with Crippen LogP contribution in [0.3, 0.4) is 0 Å². The van der Waals surface area contributed by atoms with Crippen molar-refractivity contribution >= 4 is 27.5 Å². The number of nitrogens with zero attached hydrogens (tertiary/aromatic N) is 1. The van der Waals surface area contributed by atoms with Crippen LogP contribution >= 0.6 is 11.3 Å². The van der Waals surface area contributed by atoms with Gasteiger partial charge in [-0.15, -0.1) is 11.3 Å². The molecule has 1 atom stereocenters. The summed E-state index contributed by atoms with van der Waals surface area (Å²) in [5.74, 6) is -0.264. The minimum absolute atomic E-state index is 0.233. The van der Waals surface area contributed by atoms with E-state index in [1.54, 1.807) is 6.92 Å². The molecule has 0 fully saturated rings. The number of carbonyl (C=O) groups is 1. The molecule has 1 unspecified atom stereocenters. The number of hydrogen-bond donors (Lipinski definition) is 3. The van der Waals surface area contributed by atoms with E-state index in [1.165, 1.54) is 24.8 Å². The third kappa shape index (κ3) is 3.46. The third-order valence-corrected chi connectivity index (χ3v) is 4.26. The van der Waals surface area contributed by atoms with Crippen molar-refractivity contribution in [3.05, 3.63) is 27.1 Å². The zero-order chi connectivity index (χ0) is 15.4. The number of H-pyrrole nitrogens is 1. The molecule has 0 saturated carbocycles. The highest BCUT2D eigenvalue weighted by molar-refractivity contribution is 7.20. The van der Waals surface area contributed by atoms with E-state index in [0.717, 1.165) is 0 Å². The van der Waals surface area contributed by atoms with Crippen LogP contribution in [0.5, 0.6) is 0 Å². The summed E-state index contributed by atoms with van der Waals surface area (Å²) in [5, 5.41) is 12.7. The molecule has 2 aromatic rings. The molecular weight excluding hydrogens is 294 g/mol. The van der Waals surface area contributed by atoms with Gasteiger partial charge in [-0.25, -0.2) is 4.98 Å². The van der Waals surface area contributed by atoms with Gasteiger partial charge in [0.2, 0.25) is 0 Å². The Morgan fingerprint density at radius 3 is 3.05 bits per heavy atom. The summed E-state index contributed by atoms with van der Waals surface area (Å²) >= 11 is 1.18. The lowest BCUT2D eigenvalue weighted by molar-refractivity contribution is 0.0588. The number of fused-ring (bicyclic) bond motifs is 1. The number of aliphatic hydroxyl groups is 1. The zero-order valence-electron chi connectivity index (χ0n) is 11.8. The molecule has 0 aliphatic heterocycles. The predicted molar refractivity (Wildman–Crippen MR) is 79.8 cm³/mol. The Bertz CT molecular complexity index is 694. The monoisotopic (exact) mass is 311 g/mol. The van der Waals surface area contributed by atoms with Crippen molar-refractivity contribution in [2.75, 3.05) is 20.3 Å². The SMILES string of the molecule is COCC(O)CCNC(=O)c1sc2nc[nH]c(=O)c2c1C. The second kappa shape index (κ2) is 6.79. The third-order valence-electron chi connectivity index (χ3n) is 3.06. The average molecular weight is 311 g/mol. The Labute approximate surface area is 125 Å². The summed E-state index contributed by atoms with van der Waals surface area (Å²) in [7, 11) is 1.51. The van der Waals surface area contributed by atoms with Gasteiger partial charge >= 0.3 is 0 Å². The molecule has 2 rings (SSSR count). The molecule has 3 N–H and O–H groups in total. The van der Waals surface area contributed by atoms with Crippen LogP contribution in [0, 0.1) is 6.92 Å². The summed E-state index contributed by atoms with van der Waals surface area (Å²) in [5.41, 5.74) is 0.377. The Balaban J connectivity index is 2.08. The van der Waals surface area contributed by atoms with Crippen molar-refractivity contribution < 1.29 is 14.6 Å². The molecule has 21 heavy (non-hydrogen) atoms. The van der Waals surface area contributed by atoms with Crippen molar-refractivity contribution in [2.45, 2.75) is 19.4 Å². The molecule has 114 valence electrons. The van der Waals surface area contributed by atoms with Gasteiger partial charge in [-0.05, 0) is 18.9 Å². The van der Waals surface area contributed by atoms with Gasteiger partial charge in [-0.2, -0.15) is 0 Å². The molecule has 2 aromatic heterocycles. The number of methoxy groups -OCH3 is 1. The fourth-order valence-corrected chi connectivity index (χ4v) is 3.07. The standard InChI is InChI=1S/C13H17N3O4S/c1-7-9-11(18)15-6-16-13(9)21-10(7)12(19)14-4-3-8(17)5-20-2/h6,8,17H,3-5H2,1-2H3,(H,14,19)(H,15,16,18). The highest BCUT2D eigenvalue weighted by atomic mass is 32.1. The summed E-state index contributed by atoms with van der Waals surface area (Å²) < 4.78 is 4.81. The highest BCUT2D eigenvalue weighted by Crippen LogP contribution is 2.26. The number of aromatic nitrogens is 2. The first-order valence-electron chi connectivity index (χ1n) is 6.46. The Morgan fingerprint density at radius 2 is 2.38 bits per heavy atom. The normalized spacial score (nSPS) is 12.5. The molecule has 8 heteroatoms. The largest absolute Gasteiger partial charge is 0.391 e. The Hall–Kier alpha value is -1.77. The molecule has 1 amide bonds. The summed E-state index contributed by atoms with van der Waals surface area (Å²) in [4.78, 5) is 31.5. The average Bonchev–Trinajstić information content (AvgIpc) is 2.78. The second-order valence-electron chi connectivity index (χ2n) is 4.62. The number of thiophene rings is 1. The number of aliphatic hydroxyl groups excluding tert-OH is 1. The van der Waals surface area contributed by atoms with Crippen molar-refractivity contribution in [3.63, 3.8) is 0 Å². The lowest BCUT2D eigenvalue weighted by atomic mass is 10.2.